The molecule has 1 amide bonds. The monoisotopic (exact) mass is 233 g/mol. The van der Waals surface area contributed by atoms with Gasteiger partial charge >= 0.3 is 0 Å². The van der Waals surface area contributed by atoms with Crippen molar-refractivity contribution in [2.75, 3.05) is 12.1 Å². The van der Waals surface area contributed by atoms with Gasteiger partial charge in [0.05, 0.1) is 0 Å². The molecule has 1 unspecified atom stereocenters. The van der Waals surface area contributed by atoms with Crippen LogP contribution in [0.25, 0.3) is 0 Å². The van der Waals surface area contributed by atoms with Crippen LogP contribution in [0, 0.1) is 11.8 Å². The quantitative estimate of drug-likeness (QED) is 0.872. The Morgan fingerprint density at radius 3 is 2.88 bits per heavy atom. The zero-order valence-corrected chi connectivity index (χ0v) is 9.73. The average molecular weight is 233 g/mol. The highest BCUT2D eigenvalue weighted by atomic mass is 16.7. The molecule has 1 N–H and O–H groups in total. The molecular formula is C13H15NO3. The van der Waals surface area contributed by atoms with Crippen LogP contribution in [0.4, 0.5) is 5.69 Å². The highest BCUT2D eigenvalue weighted by Gasteiger charge is 2.32. The van der Waals surface area contributed by atoms with Crippen molar-refractivity contribution >= 4 is 11.6 Å². The van der Waals surface area contributed by atoms with E-state index in [1.165, 1.54) is 12.8 Å². The van der Waals surface area contributed by atoms with Crippen molar-refractivity contribution in [1.82, 2.24) is 0 Å². The van der Waals surface area contributed by atoms with E-state index >= 15 is 0 Å². The van der Waals surface area contributed by atoms with Gasteiger partial charge in [-0.25, -0.2) is 0 Å². The van der Waals surface area contributed by atoms with E-state index < -0.39 is 0 Å². The van der Waals surface area contributed by atoms with Crippen LogP contribution >= 0.6 is 0 Å². The molecule has 1 aromatic carbocycles. The minimum absolute atomic E-state index is 0.0892. The van der Waals surface area contributed by atoms with Crippen molar-refractivity contribution in [3.63, 3.8) is 0 Å². The Labute approximate surface area is 99.9 Å². The third kappa shape index (κ3) is 2.07. The van der Waals surface area contributed by atoms with Crippen molar-refractivity contribution in [1.29, 1.82) is 0 Å². The largest absolute Gasteiger partial charge is 0.454 e. The SMILES string of the molecule is CC(C(=O)Nc1ccc2c(c1)OCO2)C1CC1. The normalized spacial score (nSPS) is 18.9. The lowest BCUT2D eigenvalue weighted by atomic mass is 10.1. The zero-order chi connectivity index (χ0) is 11.8. The van der Waals surface area contributed by atoms with Gasteiger partial charge in [0.25, 0.3) is 0 Å². The lowest BCUT2D eigenvalue weighted by Crippen LogP contribution is -2.21. The minimum atomic E-state index is 0.0892. The molecule has 0 bridgehead atoms. The Morgan fingerprint density at radius 1 is 1.35 bits per heavy atom. The number of fused-ring (bicyclic) bond motifs is 1. The highest BCUT2D eigenvalue weighted by Crippen LogP contribution is 2.38. The summed E-state index contributed by atoms with van der Waals surface area (Å²) in [4.78, 5) is 11.9. The number of carbonyl (C=O) groups is 1. The summed E-state index contributed by atoms with van der Waals surface area (Å²) in [5, 5.41) is 2.92. The van der Waals surface area contributed by atoms with Crippen LogP contribution in [0.2, 0.25) is 0 Å². The lowest BCUT2D eigenvalue weighted by Gasteiger charge is -2.11. The van der Waals surface area contributed by atoms with Crippen molar-refractivity contribution < 1.29 is 14.3 Å². The Balaban J connectivity index is 1.70. The van der Waals surface area contributed by atoms with Gasteiger partial charge in [0.2, 0.25) is 12.7 Å². The molecule has 90 valence electrons. The minimum Gasteiger partial charge on any atom is -0.454 e. The molecule has 1 fully saturated rings. The maximum Gasteiger partial charge on any atom is 0.231 e. The fraction of sp³-hybridized carbons (Fsp3) is 0.462. The Kier molecular flexibility index (Phi) is 2.42. The smallest absolute Gasteiger partial charge is 0.231 e. The number of benzene rings is 1. The molecule has 1 aliphatic carbocycles. The molecule has 2 aliphatic rings. The van der Waals surface area contributed by atoms with Crippen molar-refractivity contribution in [3.8, 4) is 11.5 Å². The summed E-state index contributed by atoms with van der Waals surface area (Å²) >= 11 is 0. The number of nitrogens with one attached hydrogen (secondary N) is 1. The average Bonchev–Trinajstić information content (AvgIpc) is 3.07. The Bertz CT molecular complexity index is 454. The van der Waals surface area contributed by atoms with Gasteiger partial charge in [-0.3, -0.25) is 4.79 Å². The number of ether oxygens (including phenoxy) is 2. The van der Waals surface area contributed by atoms with Crippen LogP contribution in [0.3, 0.4) is 0 Å². The second kappa shape index (κ2) is 3.95. The molecular weight excluding hydrogens is 218 g/mol. The topological polar surface area (TPSA) is 47.6 Å². The molecule has 1 atom stereocenters. The van der Waals surface area contributed by atoms with E-state index in [-0.39, 0.29) is 18.6 Å². The Morgan fingerprint density at radius 2 is 2.12 bits per heavy atom. The van der Waals surface area contributed by atoms with Gasteiger partial charge in [-0.05, 0) is 30.9 Å². The van der Waals surface area contributed by atoms with Gasteiger partial charge in [0.1, 0.15) is 0 Å². The first-order valence-electron chi connectivity index (χ1n) is 5.94. The molecule has 4 nitrogen and oxygen atoms in total. The molecule has 0 radical (unpaired) electrons. The number of rotatable bonds is 3. The second-order valence-corrected chi connectivity index (χ2v) is 4.68. The van der Waals surface area contributed by atoms with Crippen LogP contribution in [-0.4, -0.2) is 12.7 Å². The summed E-state index contributed by atoms with van der Waals surface area (Å²) in [6, 6.07) is 5.46. The van der Waals surface area contributed by atoms with Crippen molar-refractivity contribution in [3.05, 3.63) is 18.2 Å². The van der Waals surface area contributed by atoms with E-state index in [1.807, 2.05) is 19.1 Å². The predicted octanol–water partition coefficient (Wildman–Crippen LogP) is 2.40. The fourth-order valence-electron chi connectivity index (χ4n) is 2.04. The summed E-state index contributed by atoms with van der Waals surface area (Å²) in [5.41, 5.74) is 0.770. The summed E-state index contributed by atoms with van der Waals surface area (Å²) in [5.74, 6) is 2.19. The molecule has 3 rings (SSSR count). The Hall–Kier alpha value is -1.71. The summed E-state index contributed by atoms with van der Waals surface area (Å²) in [6.07, 6.45) is 2.35. The summed E-state index contributed by atoms with van der Waals surface area (Å²) in [7, 11) is 0. The summed E-state index contributed by atoms with van der Waals surface area (Å²) < 4.78 is 10.5. The van der Waals surface area contributed by atoms with Gasteiger partial charge in [-0.1, -0.05) is 6.92 Å². The molecule has 1 heterocycles. The fourth-order valence-corrected chi connectivity index (χ4v) is 2.04. The van der Waals surface area contributed by atoms with Crippen LogP contribution in [0.5, 0.6) is 11.5 Å². The molecule has 1 aromatic rings. The molecule has 0 aromatic heterocycles. The van der Waals surface area contributed by atoms with E-state index in [1.54, 1.807) is 6.07 Å². The van der Waals surface area contributed by atoms with E-state index in [4.69, 9.17) is 9.47 Å². The third-order valence-corrected chi connectivity index (χ3v) is 3.38. The van der Waals surface area contributed by atoms with Gasteiger partial charge in [-0.15, -0.1) is 0 Å². The maximum atomic E-state index is 11.9. The molecule has 0 spiro atoms. The van der Waals surface area contributed by atoms with Crippen molar-refractivity contribution in [2.45, 2.75) is 19.8 Å². The van der Waals surface area contributed by atoms with Gasteiger partial charge < -0.3 is 14.8 Å². The van der Waals surface area contributed by atoms with E-state index in [2.05, 4.69) is 5.32 Å². The predicted molar refractivity (Wildman–Crippen MR) is 63.1 cm³/mol. The molecule has 17 heavy (non-hydrogen) atoms. The van der Waals surface area contributed by atoms with Gasteiger partial charge in [0, 0.05) is 17.7 Å². The molecule has 0 saturated heterocycles. The zero-order valence-electron chi connectivity index (χ0n) is 9.73. The van der Waals surface area contributed by atoms with E-state index in [9.17, 15) is 4.79 Å². The lowest BCUT2D eigenvalue weighted by molar-refractivity contribution is -0.119. The number of carbonyl (C=O) groups excluding carboxylic acids is 1. The number of hydrogen-bond acceptors (Lipinski definition) is 3. The van der Waals surface area contributed by atoms with Crippen LogP contribution in [0.1, 0.15) is 19.8 Å². The van der Waals surface area contributed by atoms with E-state index in [0.717, 1.165) is 11.4 Å². The molecule has 1 saturated carbocycles. The number of hydrogen-bond donors (Lipinski definition) is 1. The first-order valence-corrected chi connectivity index (χ1v) is 5.94. The second-order valence-electron chi connectivity index (χ2n) is 4.68. The van der Waals surface area contributed by atoms with E-state index in [0.29, 0.717) is 11.7 Å². The highest BCUT2D eigenvalue weighted by molar-refractivity contribution is 5.93. The summed E-state index contributed by atoms with van der Waals surface area (Å²) in [6.45, 7) is 2.24. The first kappa shape index (κ1) is 10.4. The van der Waals surface area contributed by atoms with Crippen molar-refractivity contribution in [2.24, 2.45) is 11.8 Å². The van der Waals surface area contributed by atoms with Gasteiger partial charge in [-0.2, -0.15) is 0 Å². The van der Waals surface area contributed by atoms with Crippen LogP contribution < -0.4 is 14.8 Å². The number of anilines is 1. The molecule has 1 aliphatic heterocycles. The maximum absolute atomic E-state index is 11.9. The third-order valence-electron chi connectivity index (χ3n) is 3.38. The first-order chi connectivity index (χ1) is 8.24. The molecule has 4 heteroatoms. The number of amides is 1. The standard InChI is InChI=1S/C13H15NO3/c1-8(9-2-3-9)13(15)14-10-4-5-11-12(6-10)17-7-16-11/h4-6,8-9H,2-3,7H2,1H3,(H,14,15). The van der Waals surface area contributed by atoms with Gasteiger partial charge in [0.15, 0.2) is 11.5 Å². The van der Waals surface area contributed by atoms with Crippen LogP contribution in [-0.2, 0) is 4.79 Å². The van der Waals surface area contributed by atoms with Crippen LogP contribution in [0.15, 0.2) is 18.2 Å².